The molecule has 0 aliphatic carbocycles. The fraction of sp³-hybridized carbons (Fsp3) is 0.333. The molecule has 2 heterocycles. The first-order chi connectivity index (χ1) is 14.2. The third-order valence-electron chi connectivity index (χ3n) is 4.41. The lowest BCUT2D eigenvalue weighted by Gasteiger charge is -2.16. The summed E-state index contributed by atoms with van der Waals surface area (Å²) in [6.45, 7) is 3.59. The Hall–Kier alpha value is -3.83. The number of carbonyl (C=O) groups excluding carboxylic acids is 1. The molecule has 11 nitrogen and oxygen atoms in total. The summed E-state index contributed by atoms with van der Waals surface area (Å²) in [4.78, 5) is 37.6. The third-order valence-corrected chi connectivity index (χ3v) is 4.41. The number of hydrogen-bond donors (Lipinski definition) is 2. The fourth-order valence-corrected chi connectivity index (χ4v) is 2.92. The van der Waals surface area contributed by atoms with Gasteiger partial charge in [0, 0.05) is 13.6 Å². The third kappa shape index (κ3) is 3.97. The van der Waals surface area contributed by atoms with E-state index in [2.05, 4.69) is 20.8 Å². The Labute approximate surface area is 169 Å². The Kier molecular flexibility index (Phi) is 5.76. The van der Waals surface area contributed by atoms with E-state index in [4.69, 9.17) is 5.73 Å². The number of nitrogens with one attached hydrogen (secondary N) is 1. The number of tetrazole rings is 1. The van der Waals surface area contributed by atoms with Gasteiger partial charge in [-0.3, -0.25) is 18.7 Å². The van der Waals surface area contributed by atoms with Crippen LogP contribution in [-0.2, 0) is 13.6 Å². The molecule has 3 aromatic rings. The largest absolute Gasteiger partial charge is 0.384 e. The van der Waals surface area contributed by atoms with Crippen molar-refractivity contribution in [3.8, 4) is 5.69 Å². The summed E-state index contributed by atoms with van der Waals surface area (Å²) >= 11 is 0. The van der Waals surface area contributed by atoms with Gasteiger partial charge in [-0.2, -0.15) is 0 Å². The molecule has 3 N–H and O–H groups in total. The molecule has 0 amide bonds. The van der Waals surface area contributed by atoms with E-state index >= 15 is 0 Å². The predicted octanol–water partition coefficient (Wildman–Crippen LogP) is 0.195. The lowest BCUT2D eigenvalue weighted by Crippen LogP contribution is -2.43. The number of nitrogens with zero attached hydrogens (tertiary/aromatic N) is 6. The Morgan fingerprint density at radius 1 is 1.30 bits per heavy atom. The van der Waals surface area contributed by atoms with Crippen LogP contribution >= 0.6 is 0 Å². The zero-order valence-corrected chi connectivity index (χ0v) is 16.7. The number of ketones is 1. The molecule has 0 atom stereocenters. The van der Waals surface area contributed by atoms with Gasteiger partial charge in [-0.25, -0.2) is 13.9 Å². The first-order valence-electron chi connectivity index (χ1n) is 9.10. The van der Waals surface area contributed by atoms with Crippen molar-refractivity contribution < 1.29 is 9.18 Å². The standard InChI is InChI=1S/C18H21FN8O3/c1-10(2)8-26-16(20)15(17(29)25(3)18(26)30)14(28)7-21-13-6-11(4-5-12(13)19)27-9-22-23-24-27/h4-6,9-10,21H,7-8,20H2,1-3H3. The van der Waals surface area contributed by atoms with Gasteiger partial charge in [0.05, 0.1) is 17.9 Å². The molecule has 2 aromatic heterocycles. The minimum absolute atomic E-state index is 0.0160. The van der Waals surface area contributed by atoms with Crippen LogP contribution in [0.4, 0.5) is 15.9 Å². The zero-order valence-electron chi connectivity index (χ0n) is 16.7. The number of aromatic nitrogens is 6. The van der Waals surface area contributed by atoms with Crippen molar-refractivity contribution >= 4 is 17.3 Å². The van der Waals surface area contributed by atoms with E-state index in [0.29, 0.717) is 5.69 Å². The van der Waals surface area contributed by atoms with Gasteiger partial charge in [-0.05, 0) is 34.5 Å². The number of Topliss-reactive ketones (excluding diaryl/α,β-unsaturated/α-hetero) is 1. The molecular weight excluding hydrogens is 395 g/mol. The number of anilines is 2. The van der Waals surface area contributed by atoms with Crippen LogP contribution in [0.1, 0.15) is 24.2 Å². The Balaban J connectivity index is 1.91. The van der Waals surface area contributed by atoms with E-state index < -0.39 is 29.4 Å². The van der Waals surface area contributed by atoms with Crippen molar-refractivity contribution in [2.75, 3.05) is 17.6 Å². The van der Waals surface area contributed by atoms with Gasteiger partial charge in [0.2, 0.25) is 0 Å². The summed E-state index contributed by atoms with van der Waals surface area (Å²) in [5.74, 6) is -1.42. The Morgan fingerprint density at radius 2 is 2.03 bits per heavy atom. The highest BCUT2D eigenvalue weighted by Crippen LogP contribution is 2.18. The molecule has 1 aromatic carbocycles. The van der Waals surface area contributed by atoms with E-state index in [0.717, 1.165) is 4.57 Å². The zero-order chi connectivity index (χ0) is 22.0. The lowest BCUT2D eigenvalue weighted by molar-refractivity contribution is 0.100. The summed E-state index contributed by atoms with van der Waals surface area (Å²) < 4.78 is 17.5. The normalized spacial score (nSPS) is 11.1. The van der Waals surface area contributed by atoms with Crippen molar-refractivity contribution in [1.82, 2.24) is 29.3 Å². The highest BCUT2D eigenvalue weighted by molar-refractivity contribution is 6.02. The molecule has 0 saturated carbocycles. The van der Waals surface area contributed by atoms with E-state index in [1.54, 1.807) is 0 Å². The van der Waals surface area contributed by atoms with Gasteiger partial charge >= 0.3 is 5.69 Å². The second-order valence-electron chi connectivity index (χ2n) is 7.11. The number of benzene rings is 1. The first kappa shape index (κ1) is 20.9. The number of nitrogens with two attached hydrogens (primary N) is 1. The quantitative estimate of drug-likeness (QED) is 0.520. The second-order valence-corrected chi connectivity index (χ2v) is 7.11. The maximum absolute atomic E-state index is 14.2. The molecule has 0 spiro atoms. The van der Waals surface area contributed by atoms with Crippen LogP contribution in [0.3, 0.4) is 0 Å². The first-order valence-corrected chi connectivity index (χ1v) is 9.10. The molecule has 0 aliphatic rings. The van der Waals surface area contributed by atoms with Gasteiger partial charge in [0.25, 0.3) is 5.56 Å². The van der Waals surface area contributed by atoms with Gasteiger partial charge in [-0.1, -0.05) is 13.8 Å². The van der Waals surface area contributed by atoms with Crippen molar-refractivity contribution in [3.63, 3.8) is 0 Å². The van der Waals surface area contributed by atoms with Crippen molar-refractivity contribution in [2.24, 2.45) is 13.0 Å². The lowest BCUT2D eigenvalue weighted by atomic mass is 10.1. The van der Waals surface area contributed by atoms with Crippen LogP contribution in [0.15, 0.2) is 34.1 Å². The highest BCUT2D eigenvalue weighted by atomic mass is 19.1. The number of rotatable bonds is 7. The average molecular weight is 416 g/mol. The van der Waals surface area contributed by atoms with Gasteiger partial charge in [0.15, 0.2) is 5.78 Å². The molecule has 0 unspecified atom stereocenters. The maximum atomic E-state index is 14.2. The van der Waals surface area contributed by atoms with Crippen LogP contribution in [0.25, 0.3) is 5.69 Å². The average Bonchev–Trinajstić information content (AvgIpc) is 3.24. The molecule has 158 valence electrons. The summed E-state index contributed by atoms with van der Waals surface area (Å²) in [5, 5.41) is 13.4. The maximum Gasteiger partial charge on any atom is 0.332 e. The Morgan fingerprint density at radius 3 is 2.67 bits per heavy atom. The molecule has 0 aliphatic heterocycles. The SMILES string of the molecule is CC(C)Cn1c(N)c(C(=O)CNc2cc(-n3cnnn3)ccc2F)c(=O)n(C)c1=O. The van der Waals surface area contributed by atoms with Gasteiger partial charge in [0.1, 0.15) is 23.5 Å². The molecular formula is C18H21FN8O3. The second kappa shape index (κ2) is 8.27. The van der Waals surface area contributed by atoms with Crippen molar-refractivity contribution in [3.05, 3.63) is 56.7 Å². The van der Waals surface area contributed by atoms with Crippen LogP contribution < -0.4 is 22.3 Å². The van der Waals surface area contributed by atoms with E-state index in [1.165, 1.54) is 40.8 Å². The molecule has 3 rings (SSSR count). The van der Waals surface area contributed by atoms with Crippen molar-refractivity contribution in [1.29, 1.82) is 0 Å². The molecule has 0 fully saturated rings. The molecule has 0 radical (unpaired) electrons. The number of carbonyl (C=O) groups is 1. The summed E-state index contributed by atoms with van der Waals surface area (Å²) in [5.41, 5.74) is 4.76. The molecule has 0 bridgehead atoms. The molecule has 12 heteroatoms. The number of hydrogen-bond acceptors (Lipinski definition) is 8. The molecule has 30 heavy (non-hydrogen) atoms. The summed E-state index contributed by atoms with van der Waals surface area (Å²) in [7, 11) is 1.28. The topological polar surface area (TPSA) is 143 Å². The van der Waals surface area contributed by atoms with Gasteiger partial charge < -0.3 is 11.1 Å². The summed E-state index contributed by atoms with van der Waals surface area (Å²) in [6.07, 6.45) is 1.34. The van der Waals surface area contributed by atoms with Crippen LogP contribution in [0, 0.1) is 11.7 Å². The smallest absolute Gasteiger partial charge is 0.332 e. The van der Waals surface area contributed by atoms with Crippen molar-refractivity contribution in [2.45, 2.75) is 20.4 Å². The predicted molar refractivity (Wildman–Crippen MR) is 107 cm³/mol. The van der Waals surface area contributed by atoms with Crippen LogP contribution in [0.5, 0.6) is 0 Å². The number of halogens is 1. The van der Waals surface area contributed by atoms with E-state index in [1.807, 2.05) is 13.8 Å². The highest BCUT2D eigenvalue weighted by Gasteiger charge is 2.22. The van der Waals surface area contributed by atoms with Crippen LogP contribution in [-0.4, -0.2) is 41.7 Å². The fourth-order valence-electron chi connectivity index (χ4n) is 2.92. The monoisotopic (exact) mass is 416 g/mol. The van der Waals surface area contributed by atoms with Crippen LogP contribution in [0.2, 0.25) is 0 Å². The van der Waals surface area contributed by atoms with E-state index in [9.17, 15) is 18.8 Å². The minimum atomic E-state index is -0.799. The van der Waals surface area contributed by atoms with Gasteiger partial charge in [-0.15, -0.1) is 5.10 Å². The molecule has 0 saturated heterocycles. The Bertz CT molecular complexity index is 1200. The summed E-state index contributed by atoms with van der Waals surface area (Å²) in [6, 6.07) is 4.08. The minimum Gasteiger partial charge on any atom is -0.384 e. The number of nitrogen functional groups attached to an aromatic ring is 1. The van der Waals surface area contributed by atoms with E-state index in [-0.39, 0.29) is 29.5 Å².